The SMILES string of the molecule is C[C@@H](SC1=Nc2ccccc2C2=N[C@H](Cc3ccccc3)C(=O)N12)C(=O)Nc1ccc(Cl)cc1F. The topological polar surface area (TPSA) is 74.1 Å². The number of hydrogen-bond acceptors (Lipinski definition) is 5. The van der Waals surface area contributed by atoms with Gasteiger partial charge in [-0.05, 0) is 42.8 Å². The number of fused-ring (bicyclic) bond motifs is 3. The Bertz CT molecular complexity index is 1380. The van der Waals surface area contributed by atoms with Crippen molar-refractivity contribution >= 4 is 57.6 Å². The van der Waals surface area contributed by atoms with Crippen molar-refractivity contribution in [3.05, 3.63) is 94.8 Å². The van der Waals surface area contributed by atoms with Crippen molar-refractivity contribution < 1.29 is 14.0 Å². The molecule has 0 saturated heterocycles. The number of benzene rings is 3. The number of rotatable bonds is 5. The van der Waals surface area contributed by atoms with E-state index in [1.165, 1.54) is 17.0 Å². The summed E-state index contributed by atoms with van der Waals surface area (Å²) in [5.41, 5.74) is 2.48. The van der Waals surface area contributed by atoms with E-state index in [9.17, 15) is 14.0 Å². The number of halogens is 2. The van der Waals surface area contributed by atoms with Crippen LogP contribution in [0.5, 0.6) is 0 Å². The third-order valence-electron chi connectivity index (χ3n) is 5.66. The van der Waals surface area contributed by atoms with Crippen LogP contribution in [0.25, 0.3) is 0 Å². The standard InChI is InChI=1S/C26H20ClFN4O2S/c1-15(24(33)30-21-12-11-17(27)14-19(21)28)35-26-31-20-10-6-5-9-18(20)23-29-22(25(34)32(23)26)13-16-7-3-2-4-8-16/h2-12,14-15,22H,13H2,1H3,(H,30,33)/t15-,22-/m1/s1. The smallest absolute Gasteiger partial charge is 0.259 e. The van der Waals surface area contributed by atoms with E-state index in [-0.39, 0.29) is 16.6 Å². The first-order valence-corrected chi connectivity index (χ1v) is 12.2. The van der Waals surface area contributed by atoms with E-state index in [0.29, 0.717) is 23.1 Å². The van der Waals surface area contributed by atoms with E-state index in [4.69, 9.17) is 16.6 Å². The predicted octanol–water partition coefficient (Wildman–Crippen LogP) is 5.44. The summed E-state index contributed by atoms with van der Waals surface area (Å²) in [6.07, 6.45) is 0.464. The number of carbonyl (C=O) groups is 2. The number of amidine groups is 2. The molecule has 3 aromatic rings. The first-order chi connectivity index (χ1) is 16.9. The summed E-state index contributed by atoms with van der Waals surface area (Å²) in [5.74, 6) is -0.718. The number of anilines is 1. The molecule has 1 N–H and O–H groups in total. The zero-order valence-electron chi connectivity index (χ0n) is 18.6. The van der Waals surface area contributed by atoms with Crippen LogP contribution in [0.2, 0.25) is 5.02 Å². The molecule has 0 spiro atoms. The number of nitrogens with zero attached hydrogens (tertiary/aromatic N) is 3. The minimum atomic E-state index is -0.670. The molecule has 176 valence electrons. The number of amides is 2. The van der Waals surface area contributed by atoms with E-state index < -0.39 is 23.0 Å². The summed E-state index contributed by atoms with van der Waals surface area (Å²) in [6, 6.07) is 20.6. The van der Waals surface area contributed by atoms with Gasteiger partial charge in [0.15, 0.2) is 5.17 Å². The Morgan fingerprint density at radius 2 is 1.89 bits per heavy atom. The lowest BCUT2D eigenvalue weighted by Gasteiger charge is -2.27. The Morgan fingerprint density at radius 1 is 1.14 bits per heavy atom. The van der Waals surface area contributed by atoms with Gasteiger partial charge in [0.25, 0.3) is 5.91 Å². The Balaban J connectivity index is 1.40. The molecule has 3 aromatic carbocycles. The van der Waals surface area contributed by atoms with Crippen LogP contribution in [0.15, 0.2) is 82.8 Å². The first kappa shape index (κ1) is 23.3. The highest BCUT2D eigenvalue weighted by Crippen LogP contribution is 2.35. The van der Waals surface area contributed by atoms with Gasteiger partial charge in [0.1, 0.15) is 17.7 Å². The number of aliphatic imine (C=N–C) groups is 2. The van der Waals surface area contributed by atoms with Crippen molar-refractivity contribution in [1.82, 2.24) is 4.90 Å². The van der Waals surface area contributed by atoms with Crippen molar-refractivity contribution in [3.8, 4) is 0 Å². The van der Waals surface area contributed by atoms with Gasteiger partial charge in [0, 0.05) is 17.0 Å². The Kier molecular flexibility index (Phi) is 6.40. The summed E-state index contributed by atoms with van der Waals surface area (Å²) in [7, 11) is 0. The Morgan fingerprint density at radius 3 is 2.66 bits per heavy atom. The Hall–Kier alpha value is -3.49. The zero-order chi connectivity index (χ0) is 24.5. The van der Waals surface area contributed by atoms with E-state index >= 15 is 0 Å². The molecule has 9 heteroatoms. The van der Waals surface area contributed by atoms with Crippen LogP contribution in [-0.2, 0) is 16.0 Å². The van der Waals surface area contributed by atoms with Gasteiger partial charge in [-0.3, -0.25) is 14.6 Å². The normalized spacial score (nSPS) is 17.3. The lowest BCUT2D eigenvalue weighted by atomic mass is 10.1. The van der Waals surface area contributed by atoms with E-state index in [1.807, 2.05) is 54.6 Å². The average molecular weight is 507 g/mol. The summed E-state index contributed by atoms with van der Waals surface area (Å²) < 4.78 is 14.1. The second-order valence-electron chi connectivity index (χ2n) is 8.12. The molecule has 35 heavy (non-hydrogen) atoms. The first-order valence-electron chi connectivity index (χ1n) is 11.0. The number of nitrogens with one attached hydrogen (secondary N) is 1. The highest BCUT2D eigenvalue weighted by molar-refractivity contribution is 8.15. The number of thioether (sulfide) groups is 1. The molecule has 0 saturated carbocycles. The third kappa shape index (κ3) is 4.72. The van der Waals surface area contributed by atoms with E-state index in [2.05, 4.69) is 10.3 Å². The molecule has 0 unspecified atom stereocenters. The van der Waals surface area contributed by atoms with Gasteiger partial charge in [-0.2, -0.15) is 0 Å². The molecule has 2 amide bonds. The lowest BCUT2D eigenvalue weighted by Crippen LogP contribution is -2.42. The molecule has 6 nitrogen and oxygen atoms in total. The molecule has 0 bridgehead atoms. The van der Waals surface area contributed by atoms with Crippen molar-refractivity contribution in [1.29, 1.82) is 0 Å². The molecule has 0 fully saturated rings. The van der Waals surface area contributed by atoms with Crippen LogP contribution in [0.1, 0.15) is 18.1 Å². The second-order valence-corrected chi connectivity index (χ2v) is 9.86. The lowest BCUT2D eigenvalue weighted by molar-refractivity contribution is -0.124. The maximum atomic E-state index is 14.1. The molecule has 5 rings (SSSR count). The van der Waals surface area contributed by atoms with Gasteiger partial charge in [0.2, 0.25) is 5.91 Å². The van der Waals surface area contributed by atoms with Crippen molar-refractivity contribution in [2.45, 2.75) is 24.6 Å². The fraction of sp³-hybridized carbons (Fsp3) is 0.154. The summed E-state index contributed by atoms with van der Waals surface area (Å²) in [5, 5.41) is 2.51. The van der Waals surface area contributed by atoms with Crippen LogP contribution in [-0.4, -0.2) is 39.0 Å². The van der Waals surface area contributed by atoms with Crippen molar-refractivity contribution in [2.75, 3.05) is 5.32 Å². The number of para-hydroxylation sites is 1. The molecule has 2 aliphatic heterocycles. The van der Waals surface area contributed by atoms with E-state index in [1.54, 1.807) is 6.92 Å². The average Bonchev–Trinajstić information content (AvgIpc) is 3.18. The van der Waals surface area contributed by atoms with Gasteiger partial charge in [-0.25, -0.2) is 14.3 Å². The predicted molar refractivity (Wildman–Crippen MR) is 138 cm³/mol. The molecule has 2 aliphatic rings. The van der Waals surface area contributed by atoms with Crippen LogP contribution in [0.4, 0.5) is 15.8 Å². The minimum absolute atomic E-state index is 0.0326. The van der Waals surface area contributed by atoms with Gasteiger partial charge >= 0.3 is 0 Å². The van der Waals surface area contributed by atoms with Gasteiger partial charge in [-0.15, -0.1) is 0 Å². The molecule has 0 aliphatic carbocycles. The largest absolute Gasteiger partial charge is 0.323 e. The summed E-state index contributed by atoms with van der Waals surface area (Å²) in [4.78, 5) is 37.2. The second kappa shape index (κ2) is 9.64. The third-order valence-corrected chi connectivity index (χ3v) is 6.95. The summed E-state index contributed by atoms with van der Waals surface area (Å²) >= 11 is 6.92. The van der Waals surface area contributed by atoms with Crippen LogP contribution >= 0.6 is 23.4 Å². The minimum Gasteiger partial charge on any atom is -0.323 e. The maximum absolute atomic E-state index is 14.1. The summed E-state index contributed by atoms with van der Waals surface area (Å²) in [6.45, 7) is 1.68. The van der Waals surface area contributed by atoms with E-state index in [0.717, 1.165) is 29.0 Å². The zero-order valence-corrected chi connectivity index (χ0v) is 20.2. The van der Waals surface area contributed by atoms with Crippen LogP contribution in [0.3, 0.4) is 0 Å². The number of hydrogen-bond donors (Lipinski definition) is 1. The maximum Gasteiger partial charge on any atom is 0.259 e. The molecule has 0 radical (unpaired) electrons. The Labute approximate surface area is 210 Å². The molecular weight excluding hydrogens is 487 g/mol. The van der Waals surface area contributed by atoms with Crippen LogP contribution in [0, 0.1) is 5.82 Å². The highest BCUT2D eigenvalue weighted by Gasteiger charge is 2.42. The van der Waals surface area contributed by atoms with Crippen molar-refractivity contribution in [2.24, 2.45) is 9.98 Å². The molecule has 2 heterocycles. The van der Waals surface area contributed by atoms with Crippen LogP contribution < -0.4 is 5.32 Å². The molecular formula is C26H20ClFN4O2S. The molecule has 0 aromatic heterocycles. The monoisotopic (exact) mass is 506 g/mol. The number of carbonyl (C=O) groups excluding carboxylic acids is 2. The fourth-order valence-electron chi connectivity index (χ4n) is 3.89. The quantitative estimate of drug-likeness (QED) is 0.500. The highest BCUT2D eigenvalue weighted by atomic mass is 35.5. The van der Waals surface area contributed by atoms with Gasteiger partial charge in [-0.1, -0.05) is 65.8 Å². The fourth-order valence-corrected chi connectivity index (χ4v) is 4.96. The van der Waals surface area contributed by atoms with Crippen molar-refractivity contribution in [3.63, 3.8) is 0 Å². The molecule has 2 atom stereocenters. The van der Waals surface area contributed by atoms with Gasteiger partial charge in [0.05, 0.1) is 16.6 Å². The van der Waals surface area contributed by atoms with Gasteiger partial charge < -0.3 is 5.32 Å².